The van der Waals surface area contributed by atoms with E-state index in [1.165, 1.54) is 36.4 Å². The van der Waals surface area contributed by atoms with Gasteiger partial charge in [-0.05, 0) is 61.6 Å². The third-order valence-corrected chi connectivity index (χ3v) is 4.75. The molecule has 3 N–H and O–H groups in total. The molecule has 27 heavy (non-hydrogen) atoms. The van der Waals surface area contributed by atoms with Gasteiger partial charge in [0.15, 0.2) is 5.11 Å². The fraction of sp³-hybridized carbons (Fsp3) is 0.118. The Bertz CT molecular complexity index is 992. The smallest absolute Gasteiger partial charge is 0.264 e. The normalized spacial score (nSPS) is 11.2. The van der Waals surface area contributed by atoms with Crippen LogP contribution in [0.3, 0.4) is 0 Å². The highest BCUT2D eigenvalue weighted by molar-refractivity contribution is 7.90. The minimum atomic E-state index is -3.90. The summed E-state index contributed by atoms with van der Waals surface area (Å²) in [5.74, 6) is 0.138. The predicted molar refractivity (Wildman–Crippen MR) is 104 cm³/mol. The molecule has 0 atom stereocenters. The van der Waals surface area contributed by atoms with E-state index in [0.717, 1.165) is 12.7 Å². The molecular formula is C17H17N3O5S2. The molecule has 8 nitrogen and oxygen atoms in total. The van der Waals surface area contributed by atoms with Gasteiger partial charge in [-0.2, -0.15) is 0 Å². The van der Waals surface area contributed by atoms with Gasteiger partial charge in [-0.15, -0.1) is 0 Å². The fourth-order valence-corrected chi connectivity index (χ4v) is 3.19. The number of nitrogens with one attached hydrogen (secondary N) is 3. The predicted octanol–water partition coefficient (Wildman–Crippen LogP) is 1.94. The molecule has 0 radical (unpaired) electrons. The molecular weight excluding hydrogens is 390 g/mol. The maximum Gasteiger partial charge on any atom is 0.264 e. The van der Waals surface area contributed by atoms with E-state index in [0.29, 0.717) is 11.4 Å². The number of anilines is 1. The number of benzene rings is 1. The first kappa shape index (κ1) is 20.3. The van der Waals surface area contributed by atoms with E-state index in [1.807, 2.05) is 4.72 Å². The second-order valence-electron chi connectivity index (χ2n) is 5.41. The lowest BCUT2D eigenvalue weighted by Gasteiger charge is -2.09. The number of thiocarbonyl (C=S) groups is 1. The van der Waals surface area contributed by atoms with E-state index in [4.69, 9.17) is 16.6 Å². The molecule has 0 saturated heterocycles. The SMILES string of the molecule is CC(=O)NS(=O)(=O)c1ccc(NC(=S)NC(=O)/C=C/c2ccc(C)o2)cc1. The molecule has 0 saturated carbocycles. The van der Waals surface area contributed by atoms with Crippen molar-refractivity contribution < 1.29 is 22.4 Å². The molecule has 0 aliphatic rings. The number of carbonyl (C=O) groups excluding carboxylic acids is 2. The van der Waals surface area contributed by atoms with Crippen molar-refractivity contribution in [1.82, 2.24) is 10.0 Å². The molecule has 0 aliphatic carbocycles. The molecule has 0 unspecified atom stereocenters. The zero-order valence-corrected chi connectivity index (χ0v) is 16.1. The number of amides is 2. The minimum Gasteiger partial charge on any atom is -0.462 e. The lowest BCUT2D eigenvalue weighted by atomic mass is 10.3. The number of carbonyl (C=O) groups is 2. The maximum atomic E-state index is 11.9. The highest BCUT2D eigenvalue weighted by Crippen LogP contribution is 2.14. The monoisotopic (exact) mass is 407 g/mol. The molecule has 2 aromatic rings. The van der Waals surface area contributed by atoms with Crippen molar-refractivity contribution in [2.45, 2.75) is 18.7 Å². The van der Waals surface area contributed by atoms with Gasteiger partial charge in [-0.1, -0.05) is 0 Å². The zero-order valence-electron chi connectivity index (χ0n) is 14.5. The molecule has 10 heteroatoms. The van der Waals surface area contributed by atoms with Crippen molar-refractivity contribution in [1.29, 1.82) is 0 Å². The number of sulfonamides is 1. The van der Waals surface area contributed by atoms with Crippen LogP contribution in [0.2, 0.25) is 0 Å². The van der Waals surface area contributed by atoms with Crippen molar-refractivity contribution >= 4 is 50.9 Å². The van der Waals surface area contributed by atoms with Crippen LogP contribution in [0.1, 0.15) is 18.4 Å². The van der Waals surface area contributed by atoms with Crippen molar-refractivity contribution in [3.63, 3.8) is 0 Å². The molecule has 1 aromatic carbocycles. The summed E-state index contributed by atoms with van der Waals surface area (Å²) in [5.41, 5.74) is 0.465. The molecule has 0 fully saturated rings. The van der Waals surface area contributed by atoms with E-state index in [1.54, 1.807) is 19.1 Å². The molecule has 1 heterocycles. The third kappa shape index (κ3) is 6.35. The van der Waals surface area contributed by atoms with E-state index < -0.39 is 21.8 Å². The van der Waals surface area contributed by atoms with Crippen LogP contribution in [-0.4, -0.2) is 25.3 Å². The quantitative estimate of drug-likeness (QED) is 0.512. The number of hydrogen-bond acceptors (Lipinski definition) is 6. The number of aryl methyl sites for hydroxylation is 1. The van der Waals surface area contributed by atoms with E-state index in [2.05, 4.69) is 10.6 Å². The van der Waals surface area contributed by atoms with Crippen molar-refractivity contribution in [2.75, 3.05) is 5.32 Å². The Kier molecular flexibility index (Phi) is 6.48. The highest BCUT2D eigenvalue weighted by atomic mass is 32.2. The first-order valence-corrected chi connectivity index (χ1v) is 9.55. The van der Waals surface area contributed by atoms with Gasteiger partial charge >= 0.3 is 0 Å². The lowest BCUT2D eigenvalue weighted by Crippen LogP contribution is -2.32. The van der Waals surface area contributed by atoms with E-state index >= 15 is 0 Å². The number of hydrogen-bond donors (Lipinski definition) is 3. The summed E-state index contributed by atoms with van der Waals surface area (Å²) >= 11 is 5.03. The van der Waals surface area contributed by atoms with Crippen LogP contribution in [0.4, 0.5) is 5.69 Å². The van der Waals surface area contributed by atoms with Gasteiger partial charge in [0.05, 0.1) is 4.90 Å². The second-order valence-corrected chi connectivity index (χ2v) is 7.50. The average Bonchev–Trinajstić information content (AvgIpc) is 2.97. The summed E-state index contributed by atoms with van der Waals surface area (Å²) in [6.45, 7) is 2.90. The molecule has 0 aliphatic heterocycles. The largest absolute Gasteiger partial charge is 0.462 e. The van der Waals surface area contributed by atoms with Gasteiger partial charge in [-0.25, -0.2) is 13.1 Å². The van der Waals surface area contributed by atoms with Crippen LogP contribution in [0.5, 0.6) is 0 Å². The van der Waals surface area contributed by atoms with Crippen molar-refractivity contribution in [3.8, 4) is 0 Å². The number of furan rings is 1. The third-order valence-electron chi connectivity index (χ3n) is 3.10. The lowest BCUT2D eigenvalue weighted by molar-refractivity contribution is -0.117. The standard InChI is InChI=1S/C17H17N3O5S2/c1-11-3-6-14(25-11)7-10-16(22)19-17(26)18-13-4-8-15(9-5-13)27(23,24)20-12(2)21/h3-10H,1-2H3,(H,20,21)(H2,18,19,22,26)/b10-7+. The molecule has 1 aromatic heterocycles. The van der Waals surface area contributed by atoms with Crippen LogP contribution in [-0.2, 0) is 19.6 Å². The Morgan fingerprint density at radius 1 is 1.11 bits per heavy atom. The van der Waals surface area contributed by atoms with E-state index in [9.17, 15) is 18.0 Å². The number of rotatable bonds is 5. The highest BCUT2D eigenvalue weighted by Gasteiger charge is 2.15. The summed E-state index contributed by atoms with van der Waals surface area (Å²) in [6.07, 6.45) is 2.78. The minimum absolute atomic E-state index is 0.0396. The Morgan fingerprint density at radius 3 is 2.33 bits per heavy atom. The van der Waals surface area contributed by atoms with Gasteiger partial charge < -0.3 is 9.73 Å². The van der Waals surface area contributed by atoms with Crippen LogP contribution < -0.4 is 15.4 Å². The Labute approximate surface area is 161 Å². The summed E-state index contributed by atoms with van der Waals surface area (Å²) in [7, 11) is -3.90. The summed E-state index contributed by atoms with van der Waals surface area (Å²) in [5, 5.41) is 5.25. The second kappa shape index (κ2) is 8.60. The molecule has 2 amide bonds. The van der Waals surface area contributed by atoms with Crippen LogP contribution in [0.25, 0.3) is 6.08 Å². The Hall–Kier alpha value is -2.98. The van der Waals surface area contributed by atoms with Crippen LogP contribution >= 0.6 is 12.2 Å². The van der Waals surface area contributed by atoms with Gasteiger partial charge in [0.2, 0.25) is 11.8 Å². The average molecular weight is 407 g/mol. The summed E-state index contributed by atoms with van der Waals surface area (Å²) < 4.78 is 30.9. The zero-order chi connectivity index (χ0) is 20.0. The molecule has 2 rings (SSSR count). The first-order chi connectivity index (χ1) is 12.7. The topological polar surface area (TPSA) is 118 Å². The van der Waals surface area contributed by atoms with Gasteiger partial charge in [0.25, 0.3) is 10.0 Å². The fourth-order valence-electron chi connectivity index (χ4n) is 1.98. The molecule has 0 spiro atoms. The van der Waals surface area contributed by atoms with E-state index in [-0.39, 0.29) is 10.0 Å². The Balaban J connectivity index is 1.92. The molecule has 142 valence electrons. The van der Waals surface area contributed by atoms with Crippen molar-refractivity contribution in [2.24, 2.45) is 0 Å². The molecule has 0 bridgehead atoms. The summed E-state index contributed by atoms with van der Waals surface area (Å²) in [6, 6.07) is 9.02. The summed E-state index contributed by atoms with van der Waals surface area (Å²) in [4.78, 5) is 22.7. The van der Waals surface area contributed by atoms with Gasteiger partial charge in [-0.3, -0.25) is 14.9 Å². The van der Waals surface area contributed by atoms with Crippen LogP contribution in [0, 0.1) is 6.92 Å². The van der Waals surface area contributed by atoms with Gasteiger partial charge in [0, 0.05) is 18.7 Å². The first-order valence-electron chi connectivity index (χ1n) is 7.65. The maximum absolute atomic E-state index is 11.9. The van der Waals surface area contributed by atoms with Crippen LogP contribution in [0.15, 0.2) is 51.8 Å². The Morgan fingerprint density at radius 2 is 1.78 bits per heavy atom. The van der Waals surface area contributed by atoms with Gasteiger partial charge in [0.1, 0.15) is 11.5 Å². The van der Waals surface area contributed by atoms with Crippen molar-refractivity contribution in [3.05, 3.63) is 54.0 Å².